The highest BCUT2D eigenvalue weighted by Gasteiger charge is 2.12. The summed E-state index contributed by atoms with van der Waals surface area (Å²) in [4.78, 5) is 2.18. The Balaban J connectivity index is 2.06. The van der Waals surface area contributed by atoms with Crippen LogP contribution in [0.5, 0.6) is 0 Å². The molecular weight excluding hydrogens is 268 g/mol. The van der Waals surface area contributed by atoms with Gasteiger partial charge in [0.1, 0.15) is 4.21 Å². The molecule has 0 aliphatic rings. The fraction of sp³-hybridized carbons (Fsp3) is 0.0833. The molecular formula is C12H12N2O2S2. The quantitative estimate of drug-likeness (QED) is 0.690. The highest BCUT2D eigenvalue weighted by molar-refractivity contribution is 7.91. The fourth-order valence-corrected chi connectivity index (χ4v) is 3.06. The Hall–Kier alpha value is -1.66. The van der Waals surface area contributed by atoms with Crippen LogP contribution in [0.3, 0.4) is 0 Å². The Morgan fingerprint density at radius 2 is 1.94 bits per heavy atom. The van der Waals surface area contributed by atoms with Crippen LogP contribution in [0.1, 0.15) is 11.1 Å². The summed E-state index contributed by atoms with van der Waals surface area (Å²) in [5.74, 6) is 0. The second-order valence-corrected chi connectivity index (χ2v) is 6.53. The smallest absolute Gasteiger partial charge is 0.199 e. The van der Waals surface area contributed by atoms with E-state index in [4.69, 9.17) is 0 Å². The summed E-state index contributed by atoms with van der Waals surface area (Å²) in [7, 11) is -3.52. The topological polar surface area (TPSA) is 58.5 Å². The van der Waals surface area contributed by atoms with Crippen molar-refractivity contribution in [3.63, 3.8) is 0 Å². The third-order valence-corrected chi connectivity index (χ3v) is 4.84. The lowest BCUT2D eigenvalue weighted by Crippen LogP contribution is -2.17. The van der Waals surface area contributed by atoms with E-state index in [1.165, 1.54) is 12.3 Å². The van der Waals surface area contributed by atoms with E-state index in [0.29, 0.717) is 0 Å². The third-order valence-electron chi connectivity index (χ3n) is 2.22. The zero-order chi connectivity index (χ0) is 13.0. The van der Waals surface area contributed by atoms with Crippen LogP contribution >= 0.6 is 11.3 Å². The average Bonchev–Trinajstić information content (AvgIpc) is 2.86. The predicted octanol–water partition coefficient (Wildman–Crippen LogP) is 2.37. The van der Waals surface area contributed by atoms with Crippen molar-refractivity contribution in [1.29, 1.82) is 0 Å². The van der Waals surface area contributed by atoms with Crippen molar-refractivity contribution < 1.29 is 8.42 Å². The van der Waals surface area contributed by atoms with Crippen molar-refractivity contribution in [2.75, 3.05) is 0 Å². The third kappa shape index (κ3) is 3.18. The predicted molar refractivity (Wildman–Crippen MR) is 73.4 cm³/mol. The number of hydrazone groups is 1. The minimum absolute atomic E-state index is 0.253. The number of nitrogens with zero attached hydrogens (tertiary/aromatic N) is 1. The molecule has 94 valence electrons. The van der Waals surface area contributed by atoms with E-state index in [2.05, 4.69) is 9.93 Å². The summed E-state index contributed by atoms with van der Waals surface area (Å²) in [5.41, 5.74) is 1.99. The number of hydrogen-bond acceptors (Lipinski definition) is 4. The molecule has 4 nitrogen and oxygen atoms in total. The highest BCUT2D eigenvalue weighted by atomic mass is 32.2. The Labute approximate surface area is 110 Å². The zero-order valence-corrected chi connectivity index (χ0v) is 11.3. The molecule has 18 heavy (non-hydrogen) atoms. The Morgan fingerprint density at radius 3 is 2.56 bits per heavy atom. The van der Waals surface area contributed by atoms with Crippen LogP contribution in [0, 0.1) is 6.92 Å². The van der Waals surface area contributed by atoms with Gasteiger partial charge in [0.05, 0.1) is 6.21 Å². The Bertz CT molecular complexity index is 629. The molecule has 1 aromatic carbocycles. The first-order chi connectivity index (χ1) is 8.58. The molecule has 1 aromatic heterocycles. The zero-order valence-electron chi connectivity index (χ0n) is 9.70. The van der Waals surface area contributed by atoms with Gasteiger partial charge in [0, 0.05) is 0 Å². The van der Waals surface area contributed by atoms with E-state index in [9.17, 15) is 8.42 Å². The van der Waals surface area contributed by atoms with Gasteiger partial charge in [-0.2, -0.15) is 18.4 Å². The number of aryl methyl sites for hydroxylation is 1. The van der Waals surface area contributed by atoms with Gasteiger partial charge in [0.25, 0.3) is 10.0 Å². The summed E-state index contributed by atoms with van der Waals surface area (Å²) in [6.07, 6.45) is 1.48. The first-order valence-corrected chi connectivity index (χ1v) is 7.59. The van der Waals surface area contributed by atoms with E-state index < -0.39 is 10.0 Å². The molecule has 0 saturated carbocycles. The van der Waals surface area contributed by atoms with Gasteiger partial charge in [0.15, 0.2) is 0 Å². The molecule has 0 aliphatic carbocycles. The highest BCUT2D eigenvalue weighted by Crippen LogP contribution is 2.14. The van der Waals surface area contributed by atoms with E-state index in [1.54, 1.807) is 11.4 Å². The molecule has 1 heterocycles. The summed E-state index contributed by atoms with van der Waals surface area (Å²) >= 11 is 1.15. The van der Waals surface area contributed by atoms with Crippen molar-refractivity contribution in [2.24, 2.45) is 5.10 Å². The van der Waals surface area contributed by atoms with Crippen molar-refractivity contribution in [2.45, 2.75) is 11.1 Å². The monoisotopic (exact) mass is 280 g/mol. The SMILES string of the molecule is Cc1ccc(/C=N/NS(=O)(=O)c2cccs2)cc1. The molecule has 0 bridgehead atoms. The molecule has 0 amide bonds. The van der Waals surface area contributed by atoms with Gasteiger partial charge < -0.3 is 0 Å². The molecule has 1 N–H and O–H groups in total. The number of rotatable bonds is 4. The summed E-state index contributed by atoms with van der Waals surface area (Å²) < 4.78 is 23.7. The first-order valence-electron chi connectivity index (χ1n) is 5.23. The minimum atomic E-state index is -3.52. The number of nitrogens with one attached hydrogen (secondary N) is 1. The number of sulfonamides is 1. The van der Waals surface area contributed by atoms with Gasteiger partial charge in [-0.3, -0.25) is 0 Å². The largest absolute Gasteiger partial charge is 0.286 e. The Kier molecular flexibility index (Phi) is 3.78. The average molecular weight is 280 g/mol. The van der Waals surface area contributed by atoms with E-state index >= 15 is 0 Å². The van der Waals surface area contributed by atoms with Crippen LogP contribution in [0.4, 0.5) is 0 Å². The minimum Gasteiger partial charge on any atom is -0.199 e. The van der Waals surface area contributed by atoms with E-state index in [-0.39, 0.29) is 4.21 Å². The van der Waals surface area contributed by atoms with Crippen LogP contribution in [-0.4, -0.2) is 14.6 Å². The first kappa shape index (κ1) is 12.8. The van der Waals surface area contributed by atoms with Crippen LogP contribution in [-0.2, 0) is 10.0 Å². The maximum absolute atomic E-state index is 11.7. The molecule has 0 fully saturated rings. The maximum Gasteiger partial charge on any atom is 0.286 e. The van der Waals surface area contributed by atoms with Crippen molar-refractivity contribution in [3.8, 4) is 0 Å². The molecule has 0 unspecified atom stereocenters. The van der Waals surface area contributed by atoms with Crippen LogP contribution in [0.15, 0.2) is 51.1 Å². The van der Waals surface area contributed by atoms with Gasteiger partial charge in [0.2, 0.25) is 0 Å². The second kappa shape index (κ2) is 5.32. The lowest BCUT2D eigenvalue weighted by molar-refractivity contribution is 0.587. The van der Waals surface area contributed by atoms with E-state index in [1.807, 2.05) is 31.2 Å². The molecule has 0 radical (unpaired) electrons. The summed E-state index contributed by atoms with van der Waals surface area (Å²) in [6, 6.07) is 10.8. The van der Waals surface area contributed by atoms with Gasteiger partial charge in [-0.25, -0.2) is 0 Å². The molecule has 0 spiro atoms. The van der Waals surface area contributed by atoms with Crippen molar-refractivity contribution in [1.82, 2.24) is 4.83 Å². The molecule has 0 atom stereocenters. The standard InChI is InChI=1S/C12H12N2O2S2/c1-10-4-6-11(7-5-10)9-13-14-18(15,16)12-3-2-8-17-12/h2-9,14H,1H3/b13-9+. The molecule has 0 saturated heterocycles. The van der Waals surface area contributed by atoms with Crippen LogP contribution in [0.2, 0.25) is 0 Å². The lowest BCUT2D eigenvalue weighted by atomic mass is 10.2. The lowest BCUT2D eigenvalue weighted by Gasteiger charge is -1.99. The van der Waals surface area contributed by atoms with Crippen LogP contribution in [0.25, 0.3) is 0 Å². The van der Waals surface area contributed by atoms with Crippen molar-refractivity contribution in [3.05, 3.63) is 52.9 Å². The fourth-order valence-electron chi connectivity index (χ4n) is 1.28. The van der Waals surface area contributed by atoms with Gasteiger partial charge in [-0.15, -0.1) is 11.3 Å². The molecule has 6 heteroatoms. The normalized spacial score (nSPS) is 11.8. The molecule has 0 aliphatic heterocycles. The van der Waals surface area contributed by atoms with Crippen molar-refractivity contribution >= 4 is 27.6 Å². The van der Waals surface area contributed by atoms with Crippen LogP contribution < -0.4 is 4.83 Å². The number of hydrogen-bond donors (Lipinski definition) is 1. The molecule has 2 rings (SSSR count). The second-order valence-electron chi connectivity index (χ2n) is 3.70. The van der Waals surface area contributed by atoms with Gasteiger partial charge in [-0.05, 0) is 23.9 Å². The Morgan fingerprint density at radius 1 is 1.22 bits per heavy atom. The maximum atomic E-state index is 11.7. The van der Waals surface area contributed by atoms with Gasteiger partial charge >= 0.3 is 0 Å². The van der Waals surface area contributed by atoms with E-state index in [0.717, 1.165) is 22.5 Å². The molecule has 2 aromatic rings. The summed E-state index contributed by atoms with van der Waals surface area (Å²) in [5, 5.41) is 5.45. The summed E-state index contributed by atoms with van der Waals surface area (Å²) in [6.45, 7) is 1.99. The number of benzene rings is 1. The number of thiophene rings is 1. The van der Waals surface area contributed by atoms with Gasteiger partial charge in [-0.1, -0.05) is 35.9 Å².